The molecule has 0 rings (SSSR count). The van der Waals surface area contributed by atoms with Crippen molar-refractivity contribution in [2.24, 2.45) is 5.73 Å². The first-order valence-electron chi connectivity index (χ1n) is 7.63. The Balaban J connectivity index is 4.59. The summed E-state index contributed by atoms with van der Waals surface area (Å²) in [5.41, 5.74) is 5.74. The third-order valence-electron chi connectivity index (χ3n) is 3.27. The fourth-order valence-corrected chi connectivity index (χ4v) is 2.38. The van der Waals surface area contributed by atoms with Crippen LogP contribution in [0, 0.1) is 0 Å². The van der Waals surface area contributed by atoms with Crippen LogP contribution in [-0.4, -0.2) is 70.7 Å². The van der Waals surface area contributed by atoms with E-state index in [1.54, 1.807) is 11.8 Å². The molecule has 0 heterocycles. The Bertz CT molecular complexity index is 492. The topological polar surface area (TPSA) is 151 Å². The number of rotatable bonds is 11. The molecule has 11 heteroatoms. The van der Waals surface area contributed by atoms with Gasteiger partial charge in [-0.25, -0.2) is 0 Å². The molecule has 0 aliphatic heterocycles. The first-order valence-corrected chi connectivity index (χ1v) is 9.65. The second kappa shape index (κ2) is 12.0. The van der Waals surface area contributed by atoms with Crippen LogP contribution in [0.2, 0.25) is 0 Å². The molecule has 0 aliphatic carbocycles. The first kappa shape index (κ1) is 23.5. The predicted molar refractivity (Wildman–Crippen MR) is 99.6 cm³/mol. The highest BCUT2D eigenvalue weighted by atomic mass is 32.2. The van der Waals surface area contributed by atoms with Crippen LogP contribution in [0.4, 0.5) is 0 Å². The molecule has 0 saturated heterocycles. The van der Waals surface area contributed by atoms with Crippen molar-refractivity contribution >= 4 is 48.1 Å². The monoisotopic (exact) mass is 394 g/mol. The first-order chi connectivity index (χ1) is 11.6. The van der Waals surface area contributed by atoms with E-state index in [-0.39, 0.29) is 5.75 Å². The minimum absolute atomic E-state index is 0.0205. The van der Waals surface area contributed by atoms with E-state index in [1.807, 2.05) is 6.26 Å². The normalized spacial score (nSPS) is 15.4. The van der Waals surface area contributed by atoms with Gasteiger partial charge in [-0.2, -0.15) is 24.4 Å². The number of thiol groups is 1. The highest BCUT2D eigenvalue weighted by molar-refractivity contribution is 7.98. The summed E-state index contributed by atoms with van der Waals surface area (Å²) < 4.78 is 0. The molecule has 0 aromatic heterocycles. The quantitative estimate of drug-likeness (QED) is 0.235. The lowest BCUT2D eigenvalue weighted by atomic mass is 10.2. The van der Waals surface area contributed by atoms with E-state index >= 15 is 0 Å². The summed E-state index contributed by atoms with van der Waals surface area (Å²) in [6.45, 7) is 2.71. The fraction of sp³-hybridized carbons (Fsp3) is 0.714. The van der Waals surface area contributed by atoms with E-state index < -0.39 is 47.9 Å². The van der Waals surface area contributed by atoms with Gasteiger partial charge < -0.3 is 26.8 Å². The van der Waals surface area contributed by atoms with Gasteiger partial charge in [0.1, 0.15) is 18.1 Å². The van der Waals surface area contributed by atoms with Crippen LogP contribution in [0.3, 0.4) is 0 Å². The summed E-state index contributed by atoms with van der Waals surface area (Å²) in [6.07, 6.45) is 2.37. The van der Waals surface area contributed by atoms with Crippen molar-refractivity contribution in [2.75, 3.05) is 17.8 Å². The van der Waals surface area contributed by atoms with Crippen LogP contribution in [-0.2, 0) is 19.2 Å². The third-order valence-corrected chi connectivity index (χ3v) is 4.28. The standard InChI is InChI=1S/C14H26N4O5S2/c1-7(11(19)17-8(2)14(22)23)16-13(21)10(6-24)18-12(20)9(15)4-5-25-3/h7-10,24H,4-6,15H2,1-3H3,(H,16,21)(H,17,19)(H,18,20)(H,22,23). The molecule has 0 bridgehead atoms. The van der Waals surface area contributed by atoms with Gasteiger partial charge in [0, 0.05) is 5.75 Å². The highest BCUT2D eigenvalue weighted by Crippen LogP contribution is 2.00. The zero-order valence-electron chi connectivity index (χ0n) is 14.4. The van der Waals surface area contributed by atoms with Crippen molar-refractivity contribution < 1.29 is 24.3 Å². The molecule has 0 aliphatic rings. The second-order valence-corrected chi connectivity index (χ2v) is 6.78. The number of aliphatic carboxylic acids is 1. The molecule has 0 radical (unpaired) electrons. The smallest absolute Gasteiger partial charge is 0.325 e. The number of nitrogens with one attached hydrogen (secondary N) is 3. The number of hydrogen-bond acceptors (Lipinski definition) is 7. The molecule has 3 amide bonds. The molecule has 144 valence electrons. The van der Waals surface area contributed by atoms with Gasteiger partial charge in [0.05, 0.1) is 6.04 Å². The minimum atomic E-state index is -1.19. The van der Waals surface area contributed by atoms with Gasteiger partial charge in [-0.05, 0) is 32.3 Å². The van der Waals surface area contributed by atoms with Crippen molar-refractivity contribution in [3.05, 3.63) is 0 Å². The second-order valence-electron chi connectivity index (χ2n) is 5.43. The summed E-state index contributed by atoms with van der Waals surface area (Å²) in [5, 5.41) is 15.9. The van der Waals surface area contributed by atoms with E-state index in [1.165, 1.54) is 13.8 Å². The summed E-state index contributed by atoms with van der Waals surface area (Å²) in [6, 6.07) is -3.75. The Morgan fingerprint density at radius 3 is 2.08 bits per heavy atom. The number of carboxylic acids is 1. The molecular formula is C14H26N4O5S2. The van der Waals surface area contributed by atoms with Gasteiger partial charge in [-0.1, -0.05) is 0 Å². The number of carbonyl (C=O) groups excluding carboxylic acids is 3. The van der Waals surface area contributed by atoms with E-state index in [4.69, 9.17) is 10.8 Å². The van der Waals surface area contributed by atoms with Gasteiger partial charge in [0.15, 0.2) is 0 Å². The molecule has 0 aromatic rings. The maximum Gasteiger partial charge on any atom is 0.325 e. The average molecular weight is 395 g/mol. The Labute approximate surface area is 156 Å². The zero-order valence-corrected chi connectivity index (χ0v) is 16.2. The van der Waals surface area contributed by atoms with Gasteiger partial charge in [-0.15, -0.1) is 0 Å². The molecule has 4 atom stereocenters. The van der Waals surface area contributed by atoms with Crippen LogP contribution in [0.1, 0.15) is 20.3 Å². The van der Waals surface area contributed by atoms with E-state index in [0.29, 0.717) is 12.2 Å². The molecule has 0 fully saturated rings. The van der Waals surface area contributed by atoms with Crippen molar-refractivity contribution in [3.8, 4) is 0 Å². The van der Waals surface area contributed by atoms with E-state index in [0.717, 1.165) is 0 Å². The summed E-state index contributed by atoms with van der Waals surface area (Å²) in [5.74, 6) is -2.18. The van der Waals surface area contributed by atoms with Crippen molar-refractivity contribution in [1.82, 2.24) is 16.0 Å². The van der Waals surface area contributed by atoms with Crippen molar-refractivity contribution in [1.29, 1.82) is 0 Å². The Kier molecular flexibility index (Phi) is 11.3. The number of amides is 3. The molecule has 9 nitrogen and oxygen atoms in total. The SMILES string of the molecule is CSCCC(N)C(=O)NC(CS)C(=O)NC(C)C(=O)NC(C)C(=O)O. The van der Waals surface area contributed by atoms with E-state index in [2.05, 4.69) is 28.6 Å². The Morgan fingerprint density at radius 2 is 1.60 bits per heavy atom. The van der Waals surface area contributed by atoms with Crippen LogP contribution < -0.4 is 21.7 Å². The molecule has 6 N–H and O–H groups in total. The third kappa shape index (κ3) is 8.98. The van der Waals surface area contributed by atoms with Crippen LogP contribution >= 0.6 is 24.4 Å². The maximum atomic E-state index is 12.2. The summed E-state index contributed by atoms with van der Waals surface area (Å²) in [4.78, 5) is 46.7. The lowest BCUT2D eigenvalue weighted by Gasteiger charge is -2.22. The van der Waals surface area contributed by atoms with E-state index in [9.17, 15) is 19.2 Å². The molecule has 0 spiro atoms. The maximum absolute atomic E-state index is 12.2. The molecule has 0 aromatic carbocycles. The number of carboxylic acid groups (broad SMARTS) is 1. The van der Waals surface area contributed by atoms with Gasteiger partial charge in [0.2, 0.25) is 17.7 Å². The molecule has 25 heavy (non-hydrogen) atoms. The average Bonchev–Trinajstić information content (AvgIpc) is 2.56. The fourth-order valence-electron chi connectivity index (χ4n) is 1.63. The number of carbonyl (C=O) groups is 4. The van der Waals surface area contributed by atoms with Gasteiger partial charge in [0.25, 0.3) is 0 Å². The number of nitrogens with two attached hydrogens (primary N) is 1. The predicted octanol–water partition coefficient (Wildman–Crippen LogP) is -1.42. The zero-order chi connectivity index (χ0) is 19.6. The van der Waals surface area contributed by atoms with Crippen LogP contribution in [0.5, 0.6) is 0 Å². The highest BCUT2D eigenvalue weighted by Gasteiger charge is 2.26. The van der Waals surface area contributed by atoms with Crippen LogP contribution in [0.25, 0.3) is 0 Å². The minimum Gasteiger partial charge on any atom is -0.480 e. The molecule has 4 unspecified atom stereocenters. The lowest BCUT2D eigenvalue weighted by molar-refractivity contribution is -0.141. The van der Waals surface area contributed by atoms with Crippen LogP contribution in [0.15, 0.2) is 0 Å². The number of hydrogen-bond donors (Lipinski definition) is 6. The molecular weight excluding hydrogens is 368 g/mol. The summed E-state index contributed by atoms with van der Waals surface area (Å²) in [7, 11) is 0. The Hall–Kier alpha value is -1.46. The summed E-state index contributed by atoms with van der Waals surface area (Å²) >= 11 is 5.58. The van der Waals surface area contributed by atoms with Crippen molar-refractivity contribution in [2.45, 2.75) is 44.4 Å². The Morgan fingerprint density at radius 1 is 1.04 bits per heavy atom. The van der Waals surface area contributed by atoms with Crippen molar-refractivity contribution in [3.63, 3.8) is 0 Å². The lowest BCUT2D eigenvalue weighted by Crippen LogP contribution is -2.56. The molecule has 0 saturated carbocycles. The number of thioether (sulfide) groups is 1. The van der Waals surface area contributed by atoms with Gasteiger partial charge >= 0.3 is 5.97 Å². The van der Waals surface area contributed by atoms with Gasteiger partial charge in [-0.3, -0.25) is 19.2 Å². The largest absolute Gasteiger partial charge is 0.480 e.